The molecule has 1 fully saturated rings. The summed E-state index contributed by atoms with van der Waals surface area (Å²) in [5.41, 5.74) is 0.538. The summed E-state index contributed by atoms with van der Waals surface area (Å²) in [5, 5.41) is 0.972. The molecule has 5 heteroatoms. The van der Waals surface area contributed by atoms with Gasteiger partial charge in [-0.05, 0) is 52.9 Å². The summed E-state index contributed by atoms with van der Waals surface area (Å²) in [5.74, 6) is 0.225. The Bertz CT molecular complexity index is 453. The van der Waals surface area contributed by atoms with E-state index in [1.807, 2.05) is 4.90 Å². The zero-order valence-corrected chi connectivity index (χ0v) is 13.0. The van der Waals surface area contributed by atoms with E-state index in [1.165, 1.54) is 12.1 Å². The van der Waals surface area contributed by atoms with Crippen LogP contribution in [0.2, 0.25) is 0 Å². The smallest absolute Gasteiger partial charge is 0.255 e. The van der Waals surface area contributed by atoms with Gasteiger partial charge in [-0.1, -0.05) is 15.9 Å². The van der Waals surface area contributed by atoms with E-state index in [0.29, 0.717) is 16.0 Å². The van der Waals surface area contributed by atoms with Crippen LogP contribution >= 0.6 is 31.9 Å². The summed E-state index contributed by atoms with van der Waals surface area (Å²) < 4.78 is 13.5. The summed E-state index contributed by atoms with van der Waals surface area (Å²) in [6.45, 7) is 1.59. The van der Waals surface area contributed by atoms with E-state index in [0.717, 1.165) is 31.3 Å². The van der Waals surface area contributed by atoms with Crippen LogP contribution in [-0.4, -0.2) is 29.2 Å². The first-order valence-corrected chi connectivity index (χ1v) is 7.83. The van der Waals surface area contributed by atoms with Crippen molar-refractivity contribution in [2.24, 2.45) is 5.92 Å². The lowest BCUT2D eigenvalue weighted by Gasteiger charge is -2.17. The lowest BCUT2D eigenvalue weighted by Crippen LogP contribution is -2.29. The first-order valence-electron chi connectivity index (χ1n) is 5.92. The molecule has 0 saturated carbocycles. The molecule has 1 aromatic carbocycles. The van der Waals surface area contributed by atoms with Gasteiger partial charge in [0.25, 0.3) is 5.91 Å². The average Bonchev–Trinajstić information content (AvgIpc) is 2.77. The Kier molecular flexibility index (Phi) is 4.78. The molecule has 0 bridgehead atoms. The number of benzene rings is 1. The van der Waals surface area contributed by atoms with Crippen molar-refractivity contribution in [1.29, 1.82) is 0 Å². The third kappa shape index (κ3) is 3.12. The Labute approximate surface area is 123 Å². The van der Waals surface area contributed by atoms with Crippen LogP contribution in [0.5, 0.6) is 0 Å². The number of hydrogen-bond acceptors (Lipinski definition) is 1. The molecule has 1 amide bonds. The number of amides is 1. The molecule has 0 spiro atoms. The molecule has 0 radical (unpaired) electrons. The second-order valence-corrected chi connectivity index (χ2v) is 6.16. The van der Waals surface area contributed by atoms with Crippen LogP contribution in [0.4, 0.5) is 4.39 Å². The van der Waals surface area contributed by atoms with Gasteiger partial charge in [0.05, 0.1) is 5.56 Å². The number of hydrogen-bond donors (Lipinski definition) is 0. The van der Waals surface area contributed by atoms with Gasteiger partial charge in [-0.3, -0.25) is 4.79 Å². The summed E-state index contributed by atoms with van der Waals surface area (Å²) >= 11 is 6.67. The molecule has 1 aliphatic rings. The standard InChI is InChI=1S/C13H14Br2FNO/c14-5-3-9-4-6-17(8-9)13(18)11-2-1-10(16)7-12(11)15/h1-2,7,9H,3-6,8H2. The maximum Gasteiger partial charge on any atom is 0.255 e. The van der Waals surface area contributed by atoms with Crippen molar-refractivity contribution in [3.05, 3.63) is 34.1 Å². The SMILES string of the molecule is O=C(c1ccc(F)cc1Br)N1CCC(CCBr)C1. The van der Waals surface area contributed by atoms with Gasteiger partial charge >= 0.3 is 0 Å². The highest BCUT2D eigenvalue weighted by Crippen LogP contribution is 2.25. The Hall–Kier alpha value is -0.420. The van der Waals surface area contributed by atoms with Crippen molar-refractivity contribution >= 4 is 37.8 Å². The third-order valence-corrected chi connectivity index (χ3v) is 4.37. The monoisotopic (exact) mass is 377 g/mol. The summed E-state index contributed by atoms with van der Waals surface area (Å²) in [6, 6.07) is 4.20. The van der Waals surface area contributed by atoms with Crippen molar-refractivity contribution in [3.8, 4) is 0 Å². The maximum absolute atomic E-state index is 13.0. The zero-order valence-electron chi connectivity index (χ0n) is 9.83. The van der Waals surface area contributed by atoms with Crippen LogP contribution in [0, 0.1) is 11.7 Å². The topological polar surface area (TPSA) is 20.3 Å². The van der Waals surface area contributed by atoms with Gasteiger partial charge in [0.2, 0.25) is 0 Å². The minimum Gasteiger partial charge on any atom is -0.338 e. The summed E-state index contributed by atoms with van der Waals surface area (Å²) in [7, 11) is 0. The number of likely N-dealkylation sites (tertiary alicyclic amines) is 1. The van der Waals surface area contributed by atoms with Crippen molar-refractivity contribution in [2.45, 2.75) is 12.8 Å². The zero-order chi connectivity index (χ0) is 13.1. The number of rotatable bonds is 3. The Morgan fingerprint density at radius 3 is 2.94 bits per heavy atom. The molecule has 98 valence electrons. The molecule has 0 aromatic heterocycles. The van der Waals surface area contributed by atoms with Gasteiger partial charge in [-0.2, -0.15) is 0 Å². The van der Waals surface area contributed by atoms with E-state index < -0.39 is 0 Å². The van der Waals surface area contributed by atoms with Crippen LogP contribution in [0.25, 0.3) is 0 Å². The molecule has 2 nitrogen and oxygen atoms in total. The number of halogens is 3. The average molecular weight is 379 g/mol. The van der Waals surface area contributed by atoms with Crippen LogP contribution in [-0.2, 0) is 0 Å². The second kappa shape index (κ2) is 6.15. The Balaban J connectivity index is 2.08. The Morgan fingerprint density at radius 1 is 1.50 bits per heavy atom. The highest BCUT2D eigenvalue weighted by atomic mass is 79.9. The summed E-state index contributed by atoms with van der Waals surface area (Å²) in [4.78, 5) is 14.1. The molecule has 1 aliphatic heterocycles. The minimum absolute atomic E-state index is 0.0149. The van der Waals surface area contributed by atoms with E-state index in [9.17, 15) is 9.18 Å². The molecule has 0 N–H and O–H groups in total. The fraction of sp³-hybridized carbons (Fsp3) is 0.462. The fourth-order valence-electron chi connectivity index (χ4n) is 2.24. The molecule has 1 unspecified atom stereocenters. The van der Waals surface area contributed by atoms with Gasteiger partial charge in [-0.15, -0.1) is 0 Å². The maximum atomic E-state index is 13.0. The summed E-state index contributed by atoms with van der Waals surface area (Å²) in [6.07, 6.45) is 2.14. The van der Waals surface area contributed by atoms with Gasteiger partial charge in [0, 0.05) is 22.9 Å². The molecule has 1 saturated heterocycles. The number of carbonyl (C=O) groups is 1. The minimum atomic E-state index is -0.336. The lowest BCUT2D eigenvalue weighted by atomic mass is 10.1. The van der Waals surface area contributed by atoms with Gasteiger partial charge in [0.15, 0.2) is 0 Å². The molecule has 1 heterocycles. The highest BCUT2D eigenvalue weighted by molar-refractivity contribution is 9.10. The van der Waals surface area contributed by atoms with E-state index in [-0.39, 0.29) is 11.7 Å². The van der Waals surface area contributed by atoms with E-state index >= 15 is 0 Å². The molecule has 1 atom stereocenters. The van der Waals surface area contributed by atoms with Crippen molar-refractivity contribution in [3.63, 3.8) is 0 Å². The van der Waals surface area contributed by atoms with E-state index in [2.05, 4.69) is 31.9 Å². The van der Waals surface area contributed by atoms with Crippen LogP contribution in [0.15, 0.2) is 22.7 Å². The van der Waals surface area contributed by atoms with Crippen LogP contribution in [0.3, 0.4) is 0 Å². The van der Waals surface area contributed by atoms with E-state index in [4.69, 9.17) is 0 Å². The highest BCUT2D eigenvalue weighted by Gasteiger charge is 2.27. The Morgan fingerprint density at radius 2 is 2.28 bits per heavy atom. The van der Waals surface area contributed by atoms with Crippen molar-refractivity contribution in [1.82, 2.24) is 4.90 Å². The lowest BCUT2D eigenvalue weighted by molar-refractivity contribution is 0.0786. The van der Waals surface area contributed by atoms with Crippen molar-refractivity contribution < 1.29 is 9.18 Å². The predicted octanol–water partition coefficient (Wildman–Crippen LogP) is 3.84. The van der Waals surface area contributed by atoms with Crippen LogP contribution in [0.1, 0.15) is 23.2 Å². The normalized spacial score (nSPS) is 19.3. The quantitative estimate of drug-likeness (QED) is 0.732. The van der Waals surface area contributed by atoms with Crippen molar-refractivity contribution in [2.75, 3.05) is 18.4 Å². The molecular weight excluding hydrogens is 365 g/mol. The van der Waals surface area contributed by atoms with Gasteiger partial charge < -0.3 is 4.90 Å². The van der Waals surface area contributed by atoms with Gasteiger partial charge in [-0.25, -0.2) is 4.39 Å². The molecule has 0 aliphatic carbocycles. The molecular formula is C13H14Br2FNO. The molecule has 18 heavy (non-hydrogen) atoms. The third-order valence-electron chi connectivity index (χ3n) is 3.25. The first-order chi connectivity index (χ1) is 8.61. The second-order valence-electron chi connectivity index (χ2n) is 4.51. The number of nitrogens with zero attached hydrogens (tertiary/aromatic N) is 1. The molecule has 1 aromatic rings. The number of alkyl halides is 1. The fourth-order valence-corrected chi connectivity index (χ4v) is 3.41. The largest absolute Gasteiger partial charge is 0.338 e. The number of carbonyl (C=O) groups excluding carboxylic acids is 1. The van der Waals surface area contributed by atoms with E-state index in [1.54, 1.807) is 6.07 Å². The first kappa shape index (κ1) is 14.0. The van der Waals surface area contributed by atoms with Crippen LogP contribution < -0.4 is 0 Å². The molecule has 2 rings (SSSR count). The van der Waals surface area contributed by atoms with Gasteiger partial charge in [0.1, 0.15) is 5.82 Å². The predicted molar refractivity (Wildman–Crippen MR) is 76.5 cm³/mol.